The van der Waals surface area contributed by atoms with Crippen molar-refractivity contribution in [2.24, 2.45) is 0 Å². The van der Waals surface area contributed by atoms with Crippen LogP contribution in [0.15, 0.2) is 52.4 Å². The first-order valence-electron chi connectivity index (χ1n) is 4.40. The fourth-order valence-electron chi connectivity index (χ4n) is 1.14. The SMILES string of the molecule is Nc1cccc(Sc2cccc(Cl)c2)n1. The van der Waals surface area contributed by atoms with Gasteiger partial charge in [-0.1, -0.05) is 35.5 Å². The van der Waals surface area contributed by atoms with Crippen LogP contribution in [-0.2, 0) is 0 Å². The number of pyridine rings is 1. The first-order chi connectivity index (χ1) is 7.24. The Hall–Kier alpha value is -1.19. The summed E-state index contributed by atoms with van der Waals surface area (Å²) >= 11 is 7.42. The van der Waals surface area contributed by atoms with Gasteiger partial charge >= 0.3 is 0 Å². The molecule has 1 aromatic heterocycles. The molecule has 0 amide bonds. The van der Waals surface area contributed by atoms with Gasteiger partial charge in [0.15, 0.2) is 0 Å². The van der Waals surface area contributed by atoms with E-state index < -0.39 is 0 Å². The highest BCUT2D eigenvalue weighted by atomic mass is 35.5. The van der Waals surface area contributed by atoms with Crippen LogP contribution in [0.5, 0.6) is 0 Å². The molecule has 0 spiro atoms. The molecule has 0 atom stereocenters. The predicted molar refractivity (Wildman–Crippen MR) is 64.2 cm³/mol. The van der Waals surface area contributed by atoms with Crippen molar-refractivity contribution >= 4 is 29.2 Å². The van der Waals surface area contributed by atoms with Gasteiger partial charge < -0.3 is 5.73 Å². The third kappa shape index (κ3) is 2.88. The molecule has 4 heteroatoms. The van der Waals surface area contributed by atoms with Gasteiger partial charge in [0.2, 0.25) is 0 Å². The van der Waals surface area contributed by atoms with Crippen molar-refractivity contribution in [3.63, 3.8) is 0 Å². The zero-order valence-corrected chi connectivity index (χ0v) is 9.42. The molecular weight excluding hydrogens is 228 g/mol. The van der Waals surface area contributed by atoms with Crippen molar-refractivity contribution in [1.29, 1.82) is 0 Å². The number of hydrogen-bond donors (Lipinski definition) is 1. The minimum absolute atomic E-state index is 0.530. The van der Waals surface area contributed by atoms with Gasteiger partial charge in [0.25, 0.3) is 0 Å². The normalized spacial score (nSPS) is 10.2. The molecule has 2 aromatic rings. The van der Waals surface area contributed by atoms with Crippen LogP contribution in [0.4, 0.5) is 5.82 Å². The maximum absolute atomic E-state index is 5.88. The number of halogens is 1. The van der Waals surface area contributed by atoms with Gasteiger partial charge in [-0.3, -0.25) is 0 Å². The second kappa shape index (κ2) is 4.55. The number of aromatic nitrogens is 1. The quantitative estimate of drug-likeness (QED) is 0.868. The minimum atomic E-state index is 0.530. The highest BCUT2D eigenvalue weighted by molar-refractivity contribution is 7.99. The van der Waals surface area contributed by atoms with Crippen molar-refractivity contribution < 1.29 is 0 Å². The van der Waals surface area contributed by atoms with Crippen LogP contribution in [0.1, 0.15) is 0 Å². The molecule has 2 N–H and O–H groups in total. The fraction of sp³-hybridized carbons (Fsp3) is 0. The highest BCUT2D eigenvalue weighted by Gasteiger charge is 1.99. The monoisotopic (exact) mass is 236 g/mol. The predicted octanol–water partition coefficient (Wildman–Crippen LogP) is 3.47. The molecule has 0 unspecified atom stereocenters. The topological polar surface area (TPSA) is 38.9 Å². The van der Waals surface area contributed by atoms with Crippen LogP contribution in [0, 0.1) is 0 Å². The Morgan fingerprint density at radius 3 is 2.67 bits per heavy atom. The summed E-state index contributed by atoms with van der Waals surface area (Å²) in [7, 11) is 0. The van der Waals surface area contributed by atoms with Crippen LogP contribution < -0.4 is 5.73 Å². The van der Waals surface area contributed by atoms with Crippen molar-refractivity contribution in [3.8, 4) is 0 Å². The summed E-state index contributed by atoms with van der Waals surface area (Å²) in [6.45, 7) is 0. The lowest BCUT2D eigenvalue weighted by atomic mass is 10.4. The molecule has 0 saturated carbocycles. The van der Waals surface area contributed by atoms with Crippen molar-refractivity contribution in [2.75, 3.05) is 5.73 Å². The van der Waals surface area contributed by atoms with E-state index in [0.29, 0.717) is 5.82 Å². The zero-order chi connectivity index (χ0) is 10.7. The smallest absolute Gasteiger partial charge is 0.124 e. The second-order valence-electron chi connectivity index (χ2n) is 2.96. The fourth-order valence-corrected chi connectivity index (χ4v) is 2.27. The molecule has 0 aliphatic carbocycles. The number of anilines is 1. The Labute approximate surface area is 97.5 Å². The van der Waals surface area contributed by atoms with E-state index in [2.05, 4.69) is 4.98 Å². The number of rotatable bonds is 2. The molecule has 0 aliphatic heterocycles. The number of nitrogens with zero attached hydrogens (tertiary/aromatic N) is 1. The van der Waals surface area contributed by atoms with Gasteiger partial charge in [-0.25, -0.2) is 4.98 Å². The van der Waals surface area contributed by atoms with Crippen LogP contribution >= 0.6 is 23.4 Å². The van der Waals surface area contributed by atoms with E-state index in [1.807, 2.05) is 36.4 Å². The summed E-state index contributed by atoms with van der Waals surface area (Å²) in [6.07, 6.45) is 0. The number of hydrogen-bond acceptors (Lipinski definition) is 3. The van der Waals surface area contributed by atoms with E-state index in [1.54, 1.807) is 17.8 Å². The molecule has 0 fully saturated rings. The second-order valence-corrected chi connectivity index (χ2v) is 4.49. The Morgan fingerprint density at radius 2 is 1.93 bits per heavy atom. The molecule has 2 nitrogen and oxygen atoms in total. The van der Waals surface area contributed by atoms with E-state index >= 15 is 0 Å². The van der Waals surface area contributed by atoms with Crippen LogP contribution in [-0.4, -0.2) is 4.98 Å². The van der Waals surface area contributed by atoms with Crippen molar-refractivity contribution in [1.82, 2.24) is 4.98 Å². The summed E-state index contributed by atoms with van der Waals surface area (Å²) in [4.78, 5) is 5.25. The summed E-state index contributed by atoms with van der Waals surface area (Å²) in [5.74, 6) is 0.530. The number of nitrogens with two attached hydrogens (primary N) is 1. The molecule has 15 heavy (non-hydrogen) atoms. The average Bonchev–Trinajstić information content (AvgIpc) is 2.17. The number of benzene rings is 1. The Bertz CT molecular complexity index is 430. The van der Waals surface area contributed by atoms with Crippen molar-refractivity contribution in [3.05, 3.63) is 47.5 Å². The maximum Gasteiger partial charge on any atom is 0.124 e. The lowest BCUT2D eigenvalue weighted by Crippen LogP contribution is -1.89. The van der Waals surface area contributed by atoms with E-state index in [0.717, 1.165) is 14.9 Å². The molecule has 1 heterocycles. The average molecular weight is 237 g/mol. The summed E-state index contributed by atoms with van der Waals surface area (Å²) in [5, 5.41) is 1.60. The van der Waals surface area contributed by atoms with Gasteiger partial charge in [0.1, 0.15) is 10.8 Å². The lowest BCUT2D eigenvalue weighted by molar-refractivity contribution is 1.14. The lowest BCUT2D eigenvalue weighted by Gasteiger charge is -2.01. The van der Waals surface area contributed by atoms with Crippen LogP contribution in [0.2, 0.25) is 5.02 Å². The van der Waals surface area contributed by atoms with Gasteiger partial charge in [0.05, 0.1) is 0 Å². The molecule has 76 valence electrons. The summed E-state index contributed by atoms with van der Waals surface area (Å²) in [5.41, 5.74) is 5.59. The first-order valence-corrected chi connectivity index (χ1v) is 5.59. The van der Waals surface area contributed by atoms with Crippen LogP contribution in [0.3, 0.4) is 0 Å². The van der Waals surface area contributed by atoms with Crippen molar-refractivity contribution in [2.45, 2.75) is 9.92 Å². The molecular formula is C11H9ClN2S. The first kappa shape index (κ1) is 10.3. The highest BCUT2D eigenvalue weighted by Crippen LogP contribution is 2.28. The summed E-state index contributed by atoms with van der Waals surface area (Å²) in [6, 6.07) is 13.2. The van der Waals surface area contributed by atoms with E-state index in [4.69, 9.17) is 17.3 Å². The van der Waals surface area contributed by atoms with E-state index in [9.17, 15) is 0 Å². The Morgan fingerprint density at radius 1 is 1.13 bits per heavy atom. The molecule has 2 rings (SSSR count). The Balaban J connectivity index is 2.22. The van der Waals surface area contributed by atoms with E-state index in [-0.39, 0.29) is 0 Å². The standard InChI is InChI=1S/C11H9ClN2S/c12-8-3-1-4-9(7-8)15-11-6-2-5-10(13)14-11/h1-7H,(H2,13,14). The third-order valence-corrected chi connectivity index (χ3v) is 2.92. The maximum atomic E-state index is 5.88. The summed E-state index contributed by atoms with van der Waals surface area (Å²) < 4.78 is 0. The van der Waals surface area contributed by atoms with Gasteiger partial charge in [-0.15, -0.1) is 0 Å². The van der Waals surface area contributed by atoms with E-state index in [1.165, 1.54) is 0 Å². The van der Waals surface area contributed by atoms with Gasteiger partial charge in [-0.05, 0) is 30.3 Å². The molecule has 0 radical (unpaired) electrons. The molecule has 0 aliphatic rings. The van der Waals surface area contributed by atoms with Crippen LogP contribution in [0.25, 0.3) is 0 Å². The van der Waals surface area contributed by atoms with Gasteiger partial charge in [-0.2, -0.15) is 0 Å². The van der Waals surface area contributed by atoms with Gasteiger partial charge in [0, 0.05) is 9.92 Å². The third-order valence-electron chi connectivity index (χ3n) is 1.76. The zero-order valence-electron chi connectivity index (χ0n) is 7.85. The minimum Gasteiger partial charge on any atom is -0.384 e. The molecule has 0 bridgehead atoms. The Kier molecular flexibility index (Phi) is 3.14. The molecule has 1 aromatic carbocycles. The largest absolute Gasteiger partial charge is 0.384 e. The molecule has 0 saturated heterocycles. The number of nitrogen functional groups attached to an aromatic ring is 1.